The molecule has 150 valence electrons. The van der Waals surface area contributed by atoms with Gasteiger partial charge in [0.05, 0.1) is 29.4 Å². The third-order valence-corrected chi connectivity index (χ3v) is 5.53. The van der Waals surface area contributed by atoms with Crippen LogP contribution in [0.5, 0.6) is 0 Å². The molecule has 0 aliphatic carbocycles. The van der Waals surface area contributed by atoms with Crippen LogP contribution in [0.1, 0.15) is 22.7 Å². The Labute approximate surface area is 170 Å². The number of nitrogens with one attached hydrogen (secondary N) is 2. The van der Waals surface area contributed by atoms with Crippen molar-refractivity contribution in [1.82, 2.24) is 10.3 Å². The molecule has 1 amide bonds. The Morgan fingerprint density at radius 3 is 2.28 bits per heavy atom. The number of sulfone groups is 1. The van der Waals surface area contributed by atoms with Gasteiger partial charge in [0.25, 0.3) is 0 Å². The summed E-state index contributed by atoms with van der Waals surface area (Å²) in [6.07, 6.45) is 4.50. The van der Waals surface area contributed by atoms with Gasteiger partial charge >= 0.3 is 0 Å². The number of rotatable bonds is 7. The Balaban J connectivity index is 1.77. The Morgan fingerprint density at radius 1 is 1.00 bits per heavy atom. The lowest BCUT2D eigenvalue weighted by Gasteiger charge is -2.20. The highest BCUT2D eigenvalue weighted by Crippen LogP contribution is 2.23. The van der Waals surface area contributed by atoms with Crippen molar-refractivity contribution in [2.24, 2.45) is 0 Å². The highest BCUT2D eigenvalue weighted by Gasteiger charge is 2.16. The van der Waals surface area contributed by atoms with E-state index in [9.17, 15) is 13.2 Å². The molecule has 1 aromatic heterocycles. The molecular formula is C22H23N3O3S. The summed E-state index contributed by atoms with van der Waals surface area (Å²) in [5, 5.41) is 6.09. The maximum atomic E-state index is 12.4. The molecule has 29 heavy (non-hydrogen) atoms. The first-order valence-electron chi connectivity index (χ1n) is 9.13. The van der Waals surface area contributed by atoms with Crippen molar-refractivity contribution >= 4 is 21.4 Å². The van der Waals surface area contributed by atoms with E-state index >= 15 is 0 Å². The fraction of sp³-hybridized carbons (Fsp3) is 0.182. The van der Waals surface area contributed by atoms with Crippen molar-refractivity contribution in [2.45, 2.75) is 17.9 Å². The fourth-order valence-electron chi connectivity index (χ4n) is 3.00. The van der Waals surface area contributed by atoms with Gasteiger partial charge in [-0.05, 0) is 41.8 Å². The minimum absolute atomic E-state index is 0.0847. The van der Waals surface area contributed by atoms with E-state index in [2.05, 4.69) is 15.6 Å². The van der Waals surface area contributed by atoms with Crippen LogP contribution in [0.4, 0.5) is 5.69 Å². The summed E-state index contributed by atoms with van der Waals surface area (Å²) >= 11 is 0. The van der Waals surface area contributed by atoms with Gasteiger partial charge in [-0.2, -0.15) is 0 Å². The lowest BCUT2D eigenvalue weighted by molar-refractivity contribution is -0.115. The Bertz CT molecular complexity index is 1080. The second-order valence-corrected chi connectivity index (χ2v) is 8.88. The molecule has 1 unspecified atom stereocenters. The van der Waals surface area contributed by atoms with Crippen LogP contribution in [0.3, 0.4) is 0 Å². The quantitative estimate of drug-likeness (QED) is 0.626. The number of benzene rings is 2. The van der Waals surface area contributed by atoms with Crippen molar-refractivity contribution in [2.75, 3.05) is 18.1 Å². The molecule has 0 saturated heterocycles. The summed E-state index contributed by atoms with van der Waals surface area (Å²) in [5.41, 5.74) is 3.45. The largest absolute Gasteiger partial charge is 0.324 e. The van der Waals surface area contributed by atoms with Gasteiger partial charge in [0.2, 0.25) is 5.91 Å². The summed E-state index contributed by atoms with van der Waals surface area (Å²) in [4.78, 5) is 16.7. The van der Waals surface area contributed by atoms with E-state index in [1.165, 1.54) is 6.26 Å². The smallest absolute Gasteiger partial charge is 0.238 e. The fourth-order valence-corrected chi connectivity index (χ4v) is 3.63. The monoisotopic (exact) mass is 409 g/mol. The molecule has 1 heterocycles. The topological polar surface area (TPSA) is 88.2 Å². The van der Waals surface area contributed by atoms with Gasteiger partial charge in [-0.25, -0.2) is 8.42 Å². The number of hydrogen-bond acceptors (Lipinski definition) is 5. The van der Waals surface area contributed by atoms with Gasteiger partial charge in [-0.3, -0.25) is 15.1 Å². The predicted octanol–water partition coefficient (Wildman–Crippen LogP) is 3.11. The molecule has 6 nitrogen and oxygen atoms in total. The third-order valence-electron chi connectivity index (χ3n) is 4.40. The lowest BCUT2D eigenvalue weighted by atomic mass is 9.99. The molecule has 0 bridgehead atoms. The number of anilines is 1. The van der Waals surface area contributed by atoms with Crippen molar-refractivity contribution in [1.29, 1.82) is 0 Å². The first-order valence-corrected chi connectivity index (χ1v) is 11.0. The Hall–Kier alpha value is -3.03. The molecule has 7 heteroatoms. The van der Waals surface area contributed by atoms with Gasteiger partial charge in [-0.15, -0.1) is 0 Å². The summed E-state index contributed by atoms with van der Waals surface area (Å²) in [6.45, 7) is 1.99. The Kier molecular flexibility index (Phi) is 6.41. The van der Waals surface area contributed by atoms with E-state index < -0.39 is 9.84 Å². The number of pyridine rings is 1. The van der Waals surface area contributed by atoms with Gasteiger partial charge in [-0.1, -0.05) is 42.5 Å². The molecule has 0 saturated carbocycles. The lowest BCUT2D eigenvalue weighted by Crippen LogP contribution is -2.32. The highest BCUT2D eigenvalue weighted by atomic mass is 32.2. The minimum atomic E-state index is -3.26. The number of carbonyl (C=O) groups is 1. The molecule has 3 rings (SSSR count). The molecule has 2 aromatic carbocycles. The molecule has 0 aliphatic heterocycles. The number of carbonyl (C=O) groups excluding carboxylic acids is 1. The molecule has 0 fully saturated rings. The minimum Gasteiger partial charge on any atom is -0.324 e. The summed E-state index contributed by atoms with van der Waals surface area (Å²) in [7, 11) is -3.26. The summed E-state index contributed by atoms with van der Waals surface area (Å²) < 4.78 is 23.4. The van der Waals surface area contributed by atoms with E-state index in [1.54, 1.807) is 36.7 Å². The molecule has 1 atom stereocenters. The summed E-state index contributed by atoms with van der Waals surface area (Å²) in [5.74, 6) is -0.189. The average Bonchev–Trinajstić information content (AvgIpc) is 2.69. The Morgan fingerprint density at radius 2 is 1.66 bits per heavy atom. The van der Waals surface area contributed by atoms with E-state index in [4.69, 9.17) is 0 Å². The average molecular weight is 410 g/mol. The maximum Gasteiger partial charge on any atom is 0.238 e. The molecule has 0 spiro atoms. The number of amides is 1. The maximum absolute atomic E-state index is 12.4. The van der Waals surface area contributed by atoms with Crippen molar-refractivity contribution < 1.29 is 13.2 Å². The van der Waals surface area contributed by atoms with Crippen LogP contribution in [-0.4, -0.2) is 32.1 Å². The van der Waals surface area contributed by atoms with Crippen LogP contribution in [0.25, 0.3) is 0 Å². The number of nitrogens with zero attached hydrogens (tertiary/aromatic N) is 1. The van der Waals surface area contributed by atoms with Crippen LogP contribution in [0.15, 0.2) is 78.0 Å². The third kappa shape index (κ3) is 5.73. The van der Waals surface area contributed by atoms with Gasteiger partial charge in [0.1, 0.15) is 0 Å². The second-order valence-electron chi connectivity index (χ2n) is 6.86. The van der Waals surface area contributed by atoms with Crippen LogP contribution in [-0.2, 0) is 14.6 Å². The van der Waals surface area contributed by atoms with Gasteiger partial charge in [0, 0.05) is 12.5 Å². The van der Waals surface area contributed by atoms with Crippen molar-refractivity contribution in [3.8, 4) is 0 Å². The van der Waals surface area contributed by atoms with Crippen LogP contribution in [0, 0.1) is 6.92 Å². The highest BCUT2D eigenvalue weighted by molar-refractivity contribution is 7.90. The standard InChI is InChI=1S/C22H23N3O3S/c1-16-12-19(14-23-13-16)25-21(26)15-24-22(17-6-4-3-5-7-17)18-8-10-20(11-9-18)29(2,27)28/h3-14,22,24H,15H2,1-2H3,(H,25,26). The first-order chi connectivity index (χ1) is 13.8. The SMILES string of the molecule is Cc1cncc(NC(=O)CNC(c2ccccc2)c2ccc(S(C)(=O)=O)cc2)c1. The van der Waals surface area contributed by atoms with E-state index in [0.717, 1.165) is 16.7 Å². The second kappa shape index (κ2) is 8.98. The van der Waals surface area contributed by atoms with Crippen LogP contribution in [0.2, 0.25) is 0 Å². The zero-order chi connectivity index (χ0) is 20.9. The molecule has 0 radical (unpaired) electrons. The summed E-state index contributed by atoms with van der Waals surface area (Å²) in [6, 6.07) is 18.0. The van der Waals surface area contributed by atoms with Gasteiger partial charge in [0.15, 0.2) is 9.84 Å². The number of hydrogen-bond donors (Lipinski definition) is 2. The predicted molar refractivity (Wildman–Crippen MR) is 113 cm³/mol. The molecule has 2 N–H and O–H groups in total. The number of aromatic nitrogens is 1. The zero-order valence-corrected chi connectivity index (χ0v) is 17.1. The van der Waals surface area contributed by atoms with Crippen molar-refractivity contribution in [3.05, 3.63) is 89.7 Å². The molecule has 3 aromatic rings. The van der Waals surface area contributed by atoms with E-state index in [-0.39, 0.29) is 23.4 Å². The van der Waals surface area contributed by atoms with E-state index in [1.807, 2.05) is 43.3 Å². The molecule has 0 aliphatic rings. The first kappa shape index (κ1) is 20.7. The van der Waals surface area contributed by atoms with E-state index in [0.29, 0.717) is 5.69 Å². The van der Waals surface area contributed by atoms with Crippen molar-refractivity contribution in [3.63, 3.8) is 0 Å². The number of aryl methyl sites for hydroxylation is 1. The van der Waals surface area contributed by atoms with Crippen LogP contribution < -0.4 is 10.6 Å². The van der Waals surface area contributed by atoms with Gasteiger partial charge < -0.3 is 5.32 Å². The van der Waals surface area contributed by atoms with Crippen LogP contribution >= 0.6 is 0 Å². The zero-order valence-electron chi connectivity index (χ0n) is 16.3. The molecular weight excluding hydrogens is 386 g/mol. The normalized spacial score (nSPS) is 12.3.